The van der Waals surface area contributed by atoms with Gasteiger partial charge in [-0.3, -0.25) is 9.35 Å². The van der Waals surface area contributed by atoms with Crippen LogP contribution in [0.25, 0.3) is 0 Å². The Labute approximate surface area is 147 Å². The molecule has 2 saturated carbocycles. The minimum atomic E-state index is -4.85. The lowest BCUT2D eigenvalue weighted by molar-refractivity contribution is -0.126. The Bertz CT molecular complexity index is 1030. The molecule has 0 radical (unpaired) electrons. The highest BCUT2D eigenvalue weighted by molar-refractivity contribution is 7.81. The maximum absolute atomic E-state index is 12.6. The average Bonchev–Trinajstić information content (AvgIpc) is 2.77. The van der Waals surface area contributed by atoms with Crippen molar-refractivity contribution >= 4 is 16.2 Å². The van der Waals surface area contributed by atoms with Crippen molar-refractivity contribution in [2.45, 2.75) is 44.9 Å². The predicted molar refractivity (Wildman–Crippen MR) is 88.2 cm³/mol. The molecule has 6 heteroatoms. The summed E-state index contributed by atoms with van der Waals surface area (Å²) in [6.07, 6.45) is 1.58. The molecular formula is C18H20O5S. The first-order valence-electron chi connectivity index (χ1n) is 9.90. The lowest BCUT2D eigenvalue weighted by atomic mass is 9.60. The first-order chi connectivity index (χ1) is 12.8. The van der Waals surface area contributed by atoms with Crippen molar-refractivity contribution in [3.63, 3.8) is 0 Å². The Hall–Kier alpha value is -1.66. The summed E-state index contributed by atoms with van der Waals surface area (Å²) in [6, 6.07) is 0.898. The van der Waals surface area contributed by atoms with Crippen LogP contribution in [0.1, 0.15) is 55.1 Å². The number of benzene rings is 1. The van der Waals surface area contributed by atoms with Gasteiger partial charge in [0.25, 0.3) is 0 Å². The fraction of sp³-hybridized carbons (Fsp3) is 0.500. The molecule has 0 saturated heterocycles. The molecule has 0 amide bonds. The van der Waals surface area contributed by atoms with E-state index < -0.39 is 27.9 Å². The molecule has 0 aliphatic heterocycles. The third-order valence-corrected chi connectivity index (χ3v) is 5.97. The molecular weight excluding hydrogens is 328 g/mol. The predicted octanol–water partition coefficient (Wildman–Crippen LogP) is 3.21. The fourth-order valence-electron chi connectivity index (χ4n) is 4.35. The molecule has 0 heterocycles. The maximum Gasteiger partial charge on any atom is 0.446 e. The Kier molecular flexibility index (Phi) is 2.54. The van der Waals surface area contributed by atoms with E-state index in [2.05, 4.69) is 4.18 Å². The minimum Gasteiger partial charge on any atom is -0.362 e. The number of rotatable bonds is 2. The molecule has 24 heavy (non-hydrogen) atoms. The Balaban J connectivity index is 1.78. The second kappa shape index (κ2) is 5.17. The SMILES string of the molecule is [2H]c1cc2c(c([2H])c1OS(=O)(=O)O)CC=C1[C@@H]2CCC2(C)C(=O)C([2H])([2H])C[C@@H]12. The first-order valence-corrected chi connectivity index (χ1v) is 9.26. The molecule has 3 aliphatic carbocycles. The van der Waals surface area contributed by atoms with Gasteiger partial charge in [-0.25, -0.2) is 0 Å². The van der Waals surface area contributed by atoms with Gasteiger partial charge in [-0.15, -0.1) is 0 Å². The molecule has 2 fully saturated rings. The van der Waals surface area contributed by atoms with E-state index in [1.165, 1.54) is 6.07 Å². The molecule has 1 aromatic rings. The molecule has 5 nitrogen and oxygen atoms in total. The monoisotopic (exact) mass is 352 g/mol. The molecule has 128 valence electrons. The zero-order chi connectivity index (χ0) is 20.6. The van der Waals surface area contributed by atoms with E-state index >= 15 is 0 Å². The van der Waals surface area contributed by atoms with Crippen molar-refractivity contribution in [1.29, 1.82) is 0 Å². The lowest BCUT2D eigenvalue weighted by Crippen LogP contribution is -2.37. The normalized spacial score (nSPS) is 36.2. The van der Waals surface area contributed by atoms with Crippen LogP contribution >= 0.6 is 0 Å². The number of Topliss-reactive ketones (excluding diaryl/α,β-unsaturated/α-hetero) is 1. The second-order valence-corrected chi connectivity index (χ2v) is 7.89. The molecule has 1 unspecified atom stereocenters. The third kappa shape index (κ3) is 2.40. The average molecular weight is 352 g/mol. The number of hydrogen-bond donors (Lipinski definition) is 1. The summed E-state index contributed by atoms with van der Waals surface area (Å²) in [6.45, 7) is 1.83. The topological polar surface area (TPSA) is 80.7 Å². The molecule has 4 rings (SSSR count). The summed E-state index contributed by atoms with van der Waals surface area (Å²) >= 11 is 0. The van der Waals surface area contributed by atoms with Crippen molar-refractivity contribution < 1.29 is 27.4 Å². The van der Waals surface area contributed by atoms with Crippen molar-refractivity contribution in [3.8, 4) is 5.75 Å². The van der Waals surface area contributed by atoms with Crippen LogP contribution in [0.4, 0.5) is 0 Å². The molecule has 1 aromatic carbocycles. The van der Waals surface area contributed by atoms with Gasteiger partial charge in [0.15, 0.2) is 0 Å². The summed E-state index contributed by atoms with van der Waals surface area (Å²) in [5.41, 5.74) is 1.47. The zero-order valence-corrected chi connectivity index (χ0v) is 13.9. The van der Waals surface area contributed by atoms with Crippen LogP contribution in [-0.2, 0) is 21.6 Å². The molecule has 0 aromatic heterocycles. The Morgan fingerprint density at radius 3 is 3.00 bits per heavy atom. The van der Waals surface area contributed by atoms with Crippen LogP contribution in [-0.4, -0.2) is 18.8 Å². The number of allylic oxidation sites excluding steroid dienone is 2. The summed E-state index contributed by atoms with van der Waals surface area (Å²) < 4.78 is 67.9. The highest BCUT2D eigenvalue weighted by Crippen LogP contribution is 2.57. The van der Waals surface area contributed by atoms with Gasteiger partial charge in [0.2, 0.25) is 0 Å². The zero-order valence-electron chi connectivity index (χ0n) is 17.1. The van der Waals surface area contributed by atoms with Crippen molar-refractivity contribution in [1.82, 2.24) is 0 Å². The van der Waals surface area contributed by atoms with Crippen LogP contribution in [0, 0.1) is 11.3 Å². The fourth-order valence-corrected chi connectivity index (χ4v) is 4.65. The standard InChI is InChI=1S/C18H20O5S/c1-18-9-8-14-13-5-3-12(23-24(20,21)22)10-11(13)2-4-15(14)16(18)6-7-17(18)19/h3-5,10,14,16H,2,6-9H2,1H3,(H,20,21,22)/t14-,16+,18?/m1/s1/i3D,7D2,10D. The van der Waals surface area contributed by atoms with Crippen molar-refractivity contribution in [2.75, 3.05) is 0 Å². The second-order valence-electron chi connectivity index (χ2n) is 6.87. The van der Waals surface area contributed by atoms with Gasteiger partial charge in [0, 0.05) is 20.4 Å². The van der Waals surface area contributed by atoms with Crippen molar-refractivity contribution in [3.05, 3.63) is 40.9 Å². The summed E-state index contributed by atoms with van der Waals surface area (Å²) in [7, 11) is -4.85. The van der Waals surface area contributed by atoms with Gasteiger partial charge in [-0.2, -0.15) is 8.42 Å². The number of hydrogen-bond acceptors (Lipinski definition) is 4. The molecule has 3 aliphatic rings. The van der Waals surface area contributed by atoms with Gasteiger partial charge < -0.3 is 4.18 Å². The summed E-state index contributed by atoms with van der Waals surface area (Å²) in [4.78, 5) is 12.6. The van der Waals surface area contributed by atoms with Gasteiger partial charge in [-0.1, -0.05) is 24.6 Å². The van der Waals surface area contributed by atoms with Gasteiger partial charge in [-0.05, 0) is 54.8 Å². The molecule has 1 N–H and O–H groups in total. The highest BCUT2D eigenvalue weighted by atomic mass is 32.3. The first kappa shape index (κ1) is 11.8. The van der Waals surface area contributed by atoms with E-state index in [1.807, 2.05) is 13.0 Å². The van der Waals surface area contributed by atoms with E-state index in [1.54, 1.807) is 0 Å². The van der Waals surface area contributed by atoms with Crippen LogP contribution in [0.15, 0.2) is 29.8 Å². The third-order valence-electron chi connectivity index (χ3n) is 5.59. The van der Waals surface area contributed by atoms with Gasteiger partial charge in [0.1, 0.15) is 11.5 Å². The molecule has 0 spiro atoms. The van der Waals surface area contributed by atoms with Crippen LogP contribution in [0.2, 0.25) is 0 Å². The summed E-state index contributed by atoms with van der Waals surface area (Å²) in [5, 5.41) is 0. The molecule has 0 bridgehead atoms. The van der Waals surface area contributed by atoms with E-state index in [0.717, 1.165) is 11.1 Å². The summed E-state index contributed by atoms with van der Waals surface area (Å²) in [5.74, 6) is -1.23. The smallest absolute Gasteiger partial charge is 0.362 e. The largest absolute Gasteiger partial charge is 0.446 e. The van der Waals surface area contributed by atoms with Crippen LogP contribution < -0.4 is 4.18 Å². The van der Waals surface area contributed by atoms with Crippen LogP contribution in [0.5, 0.6) is 5.75 Å². The van der Waals surface area contributed by atoms with Crippen LogP contribution in [0.3, 0.4) is 0 Å². The van der Waals surface area contributed by atoms with E-state index in [4.69, 9.17) is 10.0 Å². The van der Waals surface area contributed by atoms with E-state index in [9.17, 15) is 13.2 Å². The number of ketones is 1. The number of carbonyl (C=O) groups is 1. The quantitative estimate of drug-likeness (QED) is 0.653. The lowest BCUT2D eigenvalue weighted by Gasteiger charge is -2.43. The van der Waals surface area contributed by atoms with Gasteiger partial charge in [0.05, 0.1) is 2.74 Å². The number of carbonyl (C=O) groups excluding carboxylic acids is 1. The Morgan fingerprint density at radius 1 is 1.46 bits per heavy atom. The van der Waals surface area contributed by atoms with E-state index in [0.29, 0.717) is 24.8 Å². The molecule has 3 atom stereocenters. The number of fused-ring (bicyclic) bond motifs is 5. The Morgan fingerprint density at radius 2 is 2.25 bits per heavy atom. The van der Waals surface area contributed by atoms with Crippen molar-refractivity contribution in [2.24, 2.45) is 11.3 Å². The maximum atomic E-state index is 12.6. The van der Waals surface area contributed by atoms with Gasteiger partial charge >= 0.3 is 10.4 Å². The minimum absolute atomic E-state index is 0.130. The highest BCUT2D eigenvalue weighted by Gasteiger charge is 2.52. The van der Waals surface area contributed by atoms with E-state index in [-0.39, 0.29) is 36.1 Å².